The molecular weight excluding hydrogens is 360 g/mol. The monoisotopic (exact) mass is 374 g/mol. The number of nitrogens with zero attached hydrogens (tertiary/aromatic N) is 1. The van der Waals surface area contributed by atoms with Gasteiger partial charge in [-0.05, 0) is 18.2 Å². The Balaban J connectivity index is 1.65. The Morgan fingerprint density at radius 1 is 1.27 bits per heavy atom. The Morgan fingerprint density at radius 2 is 2.04 bits per heavy atom. The number of halogens is 1. The molecule has 0 spiro atoms. The third-order valence-corrected chi connectivity index (χ3v) is 3.81. The third kappa shape index (κ3) is 3.92. The first-order chi connectivity index (χ1) is 12.6. The number of ether oxygens (including phenoxy) is 4. The van der Waals surface area contributed by atoms with E-state index in [4.69, 9.17) is 35.8 Å². The van der Waals surface area contributed by atoms with Gasteiger partial charge in [0.05, 0.1) is 23.8 Å². The molecule has 7 nitrogen and oxygen atoms in total. The topological polar surface area (TPSA) is 89.8 Å². The predicted molar refractivity (Wildman–Crippen MR) is 94.3 cm³/mol. The van der Waals surface area contributed by atoms with Crippen LogP contribution in [0.15, 0.2) is 30.3 Å². The zero-order valence-corrected chi connectivity index (χ0v) is 14.6. The number of anilines is 1. The van der Waals surface area contributed by atoms with E-state index in [1.54, 1.807) is 18.2 Å². The highest BCUT2D eigenvalue weighted by Gasteiger charge is 2.15. The first-order valence-corrected chi connectivity index (χ1v) is 8.08. The average Bonchev–Trinajstić information content (AvgIpc) is 2.66. The number of nitriles is 1. The number of fused-ring (bicyclic) bond motifs is 1. The summed E-state index contributed by atoms with van der Waals surface area (Å²) in [6.45, 7) is 0.681. The molecule has 1 heterocycles. The summed E-state index contributed by atoms with van der Waals surface area (Å²) in [4.78, 5) is 12.1. The summed E-state index contributed by atoms with van der Waals surface area (Å²) in [6.07, 6.45) is 0. The van der Waals surface area contributed by atoms with Gasteiger partial charge in [-0.15, -0.1) is 0 Å². The molecule has 0 aromatic heterocycles. The minimum absolute atomic E-state index is 0.188. The van der Waals surface area contributed by atoms with Gasteiger partial charge in [0.25, 0.3) is 5.91 Å². The highest BCUT2D eigenvalue weighted by atomic mass is 35.5. The van der Waals surface area contributed by atoms with E-state index in [1.807, 2.05) is 6.07 Å². The SMILES string of the molecule is COc1cc(C#N)cc(Cl)c1OCC(=O)Nc1ccc2c(c1)OCCO2. The van der Waals surface area contributed by atoms with Crippen molar-refractivity contribution in [2.45, 2.75) is 0 Å². The Kier molecular flexibility index (Phi) is 5.34. The maximum Gasteiger partial charge on any atom is 0.262 e. The van der Waals surface area contributed by atoms with Gasteiger partial charge in [-0.2, -0.15) is 5.26 Å². The number of rotatable bonds is 5. The highest BCUT2D eigenvalue weighted by Crippen LogP contribution is 2.36. The lowest BCUT2D eigenvalue weighted by Crippen LogP contribution is -2.21. The molecule has 3 rings (SSSR count). The van der Waals surface area contributed by atoms with Crippen molar-refractivity contribution < 1.29 is 23.7 Å². The van der Waals surface area contributed by atoms with E-state index in [0.29, 0.717) is 36.0 Å². The van der Waals surface area contributed by atoms with Crippen molar-refractivity contribution in [3.63, 3.8) is 0 Å². The molecule has 0 fully saturated rings. The standard InChI is InChI=1S/C18H15ClN2O5/c1-23-16-7-11(9-20)6-13(19)18(16)26-10-17(22)21-12-2-3-14-15(8-12)25-5-4-24-14/h2-3,6-8H,4-5,10H2,1H3,(H,21,22). The maximum atomic E-state index is 12.1. The quantitative estimate of drug-likeness (QED) is 0.865. The molecule has 0 radical (unpaired) electrons. The Hall–Kier alpha value is -3.11. The van der Waals surface area contributed by atoms with E-state index in [0.717, 1.165) is 0 Å². The zero-order chi connectivity index (χ0) is 18.5. The molecule has 8 heteroatoms. The van der Waals surface area contributed by atoms with Crippen LogP contribution in [0, 0.1) is 11.3 Å². The van der Waals surface area contributed by atoms with E-state index < -0.39 is 0 Å². The van der Waals surface area contributed by atoms with Crippen LogP contribution in [0.25, 0.3) is 0 Å². The first kappa shape index (κ1) is 17.7. The van der Waals surface area contributed by atoms with Gasteiger partial charge in [-0.1, -0.05) is 11.6 Å². The summed E-state index contributed by atoms with van der Waals surface area (Å²) in [5.41, 5.74) is 0.890. The van der Waals surface area contributed by atoms with Gasteiger partial charge in [0, 0.05) is 17.8 Å². The largest absolute Gasteiger partial charge is 0.493 e. The summed E-state index contributed by atoms with van der Waals surface area (Å²) >= 11 is 6.10. The lowest BCUT2D eigenvalue weighted by atomic mass is 10.2. The van der Waals surface area contributed by atoms with Crippen LogP contribution in [0.4, 0.5) is 5.69 Å². The molecule has 0 aliphatic carbocycles. The van der Waals surface area contributed by atoms with Crippen molar-refractivity contribution >= 4 is 23.2 Å². The summed E-state index contributed by atoms with van der Waals surface area (Å²) in [6, 6.07) is 10.0. The molecule has 2 aromatic carbocycles. The van der Waals surface area contributed by atoms with E-state index in [2.05, 4.69) is 5.32 Å². The number of methoxy groups -OCH3 is 1. The van der Waals surface area contributed by atoms with Gasteiger partial charge in [0.1, 0.15) is 13.2 Å². The summed E-state index contributed by atoms with van der Waals surface area (Å²) in [5, 5.41) is 11.8. The fraction of sp³-hybridized carbons (Fsp3) is 0.222. The van der Waals surface area contributed by atoms with Crippen LogP contribution in [0.5, 0.6) is 23.0 Å². The van der Waals surface area contributed by atoms with Crippen LogP contribution in [0.2, 0.25) is 5.02 Å². The number of benzene rings is 2. The van der Waals surface area contributed by atoms with Gasteiger partial charge in [-0.25, -0.2) is 0 Å². The fourth-order valence-electron chi connectivity index (χ4n) is 2.38. The Morgan fingerprint density at radius 3 is 2.77 bits per heavy atom. The van der Waals surface area contributed by atoms with Gasteiger partial charge >= 0.3 is 0 Å². The molecule has 0 saturated heterocycles. The van der Waals surface area contributed by atoms with Crippen LogP contribution >= 0.6 is 11.6 Å². The number of carbonyl (C=O) groups excluding carboxylic acids is 1. The number of nitrogens with one attached hydrogen (secondary N) is 1. The fourth-order valence-corrected chi connectivity index (χ4v) is 2.65. The molecule has 2 aromatic rings. The van der Waals surface area contributed by atoms with Crippen molar-refractivity contribution in [3.8, 4) is 29.1 Å². The molecule has 1 N–H and O–H groups in total. The molecule has 1 aliphatic rings. The summed E-state index contributed by atoms with van der Waals surface area (Å²) < 4.78 is 21.5. The number of amides is 1. The molecule has 0 atom stereocenters. The third-order valence-electron chi connectivity index (χ3n) is 3.53. The molecule has 0 saturated carbocycles. The number of hydrogen-bond donors (Lipinski definition) is 1. The predicted octanol–water partition coefficient (Wildman–Crippen LogP) is 3.01. The summed E-state index contributed by atoms with van der Waals surface area (Å²) in [5.74, 6) is 1.31. The summed E-state index contributed by atoms with van der Waals surface area (Å²) in [7, 11) is 1.43. The van der Waals surface area contributed by atoms with Gasteiger partial charge in [-0.3, -0.25) is 4.79 Å². The van der Waals surface area contributed by atoms with Crippen molar-refractivity contribution in [2.75, 3.05) is 32.2 Å². The second-order valence-electron chi connectivity index (χ2n) is 5.30. The van der Waals surface area contributed by atoms with Gasteiger partial charge in [0.2, 0.25) is 0 Å². The van der Waals surface area contributed by atoms with Crippen molar-refractivity contribution in [3.05, 3.63) is 40.9 Å². The van der Waals surface area contributed by atoms with Crippen LogP contribution in [0.3, 0.4) is 0 Å². The minimum Gasteiger partial charge on any atom is -0.493 e. The van der Waals surface area contributed by atoms with Crippen LogP contribution in [0.1, 0.15) is 5.56 Å². The Labute approximate surface area is 155 Å². The first-order valence-electron chi connectivity index (χ1n) is 7.70. The molecule has 0 bridgehead atoms. The van der Waals surface area contributed by atoms with Crippen LogP contribution < -0.4 is 24.3 Å². The average molecular weight is 375 g/mol. The van der Waals surface area contributed by atoms with Crippen LogP contribution in [-0.2, 0) is 4.79 Å². The van der Waals surface area contributed by atoms with Crippen molar-refractivity contribution in [1.82, 2.24) is 0 Å². The van der Waals surface area contributed by atoms with Gasteiger partial charge < -0.3 is 24.3 Å². The van der Waals surface area contributed by atoms with Gasteiger partial charge in [0.15, 0.2) is 29.6 Å². The molecule has 26 heavy (non-hydrogen) atoms. The number of hydrogen-bond acceptors (Lipinski definition) is 6. The second kappa shape index (κ2) is 7.85. The van der Waals surface area contributed by atoms with E-state index in [9.17, 15) is 4.79 Å². The second-order valence-corrected chi connectivity index (χ2v) is 5.70. The normalized spacial score (nSPS) is 12.0. The van der Waals surface area contributed by atoms with Crippen molar-refractivity contribution in [1.29, 1.82) is 5.26 Å². The molecule has 1 aliphatic heterocycles. The van der Waals surface area contributed by atoms with Crippen LogP contribution in [-0.4, -0.2) is 32.8 Å². The smallest absolute Gasteiger partial charge is 0.262 e. The molecule has 134 valence electrons. The molecule has 0 unspecified atom stereocenters. The molecular formula is C18H15ClN2O5. The molecule has 1 amide bonds. The van der Waals surface area contributed by atoms with E-state index >= 15 is 0 Å². The Bertz CT molecular complexity index is 879. The van der Waals surface area contributed by atoms with E-state index in [1.165, 1.54) is 19.2 Å². The lowest BCUT2D eigenvalue weighted by Gasteiger charge is -2.19. The number of carbonyl (C=O) groups is 1. The highest BCUT2D eigenvalue weighted by molar-refractivity contribution is 6.32. The zero-order valence-electron chi connectivity index (χ0n) is 13.9. The maximum absolute atomic E-state index is 12.1. The van der Waals surface area contributed by atoms with Crippen molar-refractivity contribution in [2.24, 2.45) is 0 Å². The van der Waals surface area contributed by atoms with E-state index in [-0.39, 0.29) is 29.0 Å². The lowest BCUT2D eigenvalue weighted by molar-refractivity contribution is -0.118. The minimum atomic E-state index is -0.385.